The first kappa shape index (κ1) is 19.0. The monoisotopic (exact) mass is 336 g/mol. The highest BCUT2D eigenvalue weighted by molar-refractivity contribution is 6.35. The normalized spacial score (nSPS) is 11.9. The summed E-state index contributed by atoms with van der Waals surface area (Å²) in [5.74, 6) is 0.417. The highest BCUT2D eigenvalue weighted by Crippen LogP contribution is 2.24. The predicted molar refractivity (Wildman–Crippen MR) is 105 cm³/mol. The van der Waals surface area contributed by atoms with E-state index in [1.807, 2.05) is 24.3 Å². The molecule has 0 amide bonds. The molecule has 0 heterocycles. The molecule has 1 unspecified atom stereocenters. The van der Waals surface area contributed by atoms with Gasteiger partial charge in [-0.25, -0.2) is 0 Å². The standard InChI is InChI=1S/C18H19O.C4H9.Al.H/c1-2-9-18(19)17(16-12-7-4-8-13-16)14-15-10-5-3-6-11-15;1-3-4-2;;/h3-8,10-13,17H,1-2,9,14H2;1,3-4H2,2H3;;. The number of ketones is 1. The Balaban J connectivity index is 1.94. The maximum absolute atomic E-state index is 12.9. The zero-order valence-electron chi connectivity index (χ0n) is 14.9. The van der Waals surface area contributed by atoms with Crippen molar-refractivity contribution in [3.63, 3.8) is 0 Å². The quantitative estimate of drug-likeness (QED) is 0.395. The van der Waals surface area contributed by atoms with Crippen LogP contribution in [0.2, 0.25) is 10.6 Å². The summed E-state index contributed by atoms with van der Waals surface area (Å²) >= 11 is 0.0608. The Morgan fingerprint density at radius 2 is 1.54 bits per heavy atom. The van der Waals surface area contributed by atoms with Crippen LogP contribution in [0.4, 0.5) is 0 Å². The Bertz CT molecular complexity index is 579. The number of benzene rings is 2. The molecule has 0 fully saturated rings. The summed E-state index contributed by atoms with van der Waals surface area (Å²) in [6.45, 7) is 2.26. The Kier molecular flexibility index (Phi) is 8.89. The van der Waals surface area contributed by atoms with Crippen LogP contribution in [-0.2, 0) is 11.2 Å². The number of unbranched alkanes of at least 4 members (excludes halogenated alkanes) is 1. The molecule has 0 aliphatic carbocycles. The van der Waals surface area contributed by atoms with Gasteiger partial charge in [0.1, 0.15) is 5.78 Å². The largest absolute Gasteiger partial charge is 0.299 e. The summed E-state index contributed by atoms with van der Waals surface area (Å²) in [4.78, 5) is 12.9. The van der Waals surface area contributed by atoms with E-state index in [0.29, 0.717) is 5.78 Å². The molecule has 0 aromatic heterocycles. The van der Waals surface area contributed by atoms with Crippen molar-refractivity contribution in [2.75, 3.05) is 0 Å². The Morgan fingerprint density at radius 3 is 2.21 bits per heavy atom. The molecule has 2 aromatic rings. The second-order valence-electron chi connectivity index (χ2n) is 6.64. The summed E-state index contributed by atoms with van der Waals surface area (Å²) in [7, 11) is 0. The van der Waals surface area contributed by atoms with Crippen molar-refractivity contribution < 1.29 is 4.79 Å². The molecule has 0 aliphatic heterocycles. The molecule has 0 radical (unpaired) electrons. The molecule has 1 nitrogen and oxygen atoms in total. The predicted octanol–water partition coefficient (Wildman–Crippen LogP) is 5.44. The average Bonchev–Trinajstić information content (AvgIpc) is 2.64. The number of hydrogen-bond donors (Lipinski definition) is 0. The van der Waals surface area contributed by atoms with E-state index in [1.165, 1.54) is 29.0 Å². The zero-order valence-corrected chi connectivity index (χ0v) is 16.3. The first-order chi connectivity index (χ1) is 11.8. The summed E-state index contributed by atoms with van der Waals surface area (Å²) in [5, 5.41) is 2.76. The molecule has 0 saturated carbocycles. The van der Waals surface area contributed by atoms with Gasteiger partial charge in [-0.15, -0.1) is 0 Å². The molecule has 0 N–H and O–H groups in total. The van der Waals surface area contributed by atoms with E-state index in [1.54, 1.807) is 0 Å². The lowest BCUT2D eigenvalue weighted by molar-refractivity contribution is -0.120. The van der Waals surface area contributed by atoms with E-state index in [9.17, 15) is 4.79 Å². The van der Waals surface area contributed by atoms with E-state index in [0.717, 1.165) is 24.8 Å². The molecule has 1 atom stereocenters. The van der Waals surface area contributed by atoms with Gasteiger partial charge in [0.25, 0.3) is 0 Å². The van der Waals surface area contributed by atoms with Crippen molar-refractivity contribution in [2.24, 2.45) is 0 Å². The summed E-state index contributed by atoms with van der Waals surface area (Å²) in [5.41, 5.74) is 2.41. The van der Waals surface area contributed by atoms with Crippen LogP contribution < -0.4 is 0 Å². The van der Waals surface area contributed by atoms with Crippen LogP contribution in [-0.4, -0.2) is 21.0 Å². The SMILES string of the molecule is CCC[CH2][AlH][CH2]CCC(=O)C(Cc1ccccc1)c1ccccc1. The van der Waals surface area contributed by atoms with Gasteiger partial charge in [-0.1, -0.05) is 97.4 Å². The van der Waals surface area contributed by atoms with Crippen molar-refractivity contribution >= 4 is 21.0 Å². The summed E-state index contributed by atoms with van der Waals surface area (Å²) in [6, 6.07) is 20.7. The van der Waals surface area contributed by atoms with Crippen LogP contribution in [0.5, 0.6) is 0 Å². The third-order valence-corrected chi connectivity index (χ3v) is 6.65. The zero-order chi connectivity index (χ0) is 17.0. The molecule has 2 heteroatoms. The van der Waals surface area contributed by atoms with Crippen LogP contribution in [0.3, 0.4) is 0 Å². The highest BCUT2D eigenvalue weighted by Gasteiger charge is 2.20. The third kappa shape index (κ3) is 6.64. The molecule has 126 valence electrons. The minimum absolute atomic E-state index is 0.00547. The van der Waals surface area contributed by atoms with Gasteiger partial charge in [0, 0.05) is 12.3 Å². The van der Waals surface area contributed by atoms with E-state index in [4.69, 9.17) is 0 Å². The van der Waals surface area contributed by atoms with Crippen LogP contribution in [0.25, 0.3) is 0 Å². The van der Waals surface area contributed by atoms with Gasteiger partial charge in [-0.3, -0.25) is 4.79 Å². The van der Waals surface area contributed by atoms with Gasteiger partial charge in [0.15, 0.2) is 0 Å². The molecule has 0 spiro atoms. The minimum atomic E-state index is 0.00547. The van der Waals surface area contributed by atoms with Gasteiger partial charge >= 0.3 is 0 Å². The van der Waals surface area contributed by atoms with Crippen molar-refractivity contribution in [3.8, 4) is 0 Å². The van der Waals surface area contributed by atoms with Crippen LogP contribution in [0.1, 0.15) is 49.7 Å². The number of carbonyl (C=O) groups is 1. The molecular formula is C22H29AlO. The van der Waals surface area contributed by atoms with Gasteiger partial charge in [-0.2, -0.15) is 0 Å². The van der Waals surface area contributed by atoms with Crippen LogP contribution in [0, 0.1) is 0 Å². The topological polar surface area (TPSA) is 17.1 Å². The molecule has 2 rings (SSSR count). The molecule has 0 saturated heterocycles. The lowest BCUT2D eigenvalue weighted by atomic mass is 9.87. The van der Waals surface area contributed by atoms with E-state index in [2.05, 4.69) is 43.3 Å². The first-order valence-corrected chi connectivity index (χ1v) is 11.4. The lowest BCUT2D eigenvalue weighted by Crippen LogP contribution is -2.15. The molecule has 0 aliphatic rings. The fourth-order valence-corrected chi connectivity index (χ4v) is 5.02. The third-order valence-electron chi connectivity index (χ3n) is 4.65. The first-order valence-electron chi connectivity index (χ1n) is 9.43. The summed E-state index contributed by atoms with van der Waals surface area (Å²) in [6.07, 6.45) is 5.33. The smallest absolute Gasteiger partial charge is 0.236 e. The Labute approximate surface area is 153 Å². The van der Waals surface area contributed by atoms with Gasteiger partial charge in [0.2, 0.25) is 15.2 Å². The minimum Gasteiger partial charge on any atom is -0.299 e. The number of rotatable bonds is 11. The maximum atomic E-state index is 12.9. The summed E-state index contributed by atoms with van der Waals surface area (Å²) < 4.78 is 0. The van der Waals surface area contributed by atoms with E-state index >= 15 is 0 Å². The highest BCUT2D eigenvalue weighted by atomic mass is 27.1. The average molecular weight is 336 g/mol. The lowest BCUT2D eigenvalue weighted by Gasteiger charge is -2.16. The number of Topliss-reactive ketones (excluding diaryl/α,β-unsaturated/α-hetero) is 1. The van der Waals surface area contributed by atoms with Gasteiger partial charge < -0.3 is 0 Å². The number of carbonyl (C=O) groups excluding carboxylic acids is 1. The fourth-order valence-electron chi connectivity index (χ4n) is 3.21. The van der Waals surface area contributed by atoms with Crippen molar-refractivity contribution in [3.05, 3.63) is 71.8 Å². The Hall–Kier alpha value is -1.36. The second kappa shape index (κ2) is 11.2. The van der Waals surface area contributed by atoms with Crippen LogP contribution >= 0.6 is 0 Å². The maximum Gasteiger partial charge on any atom is 0.236 e. The van der Waals surface area contributed by atoms with E-state index < -0.39 is 0 Å². The van der Waals surface area contributed by atoms with E-state index in [-0.39, 0.29) is 21.1 Å². The van der Waals surface area contributed by atoms with Crippen molar-refractivity contribution in [2.45, 2.75) is 55.5 Å². The van der Waals surface area contributed by atoms with Crippen LogP contribution in [0.15, 0.2) is 60.7 Å². The molecule has 0 bridgehead atoms. The Morgan fingerprint density at radius 1 is 0.917 bits per heavy atom. The molecule has 24 heavy (non-hydrogen) atoms. The fraction of sp³-hybridized carbons (Fsp3) is 0.409. The molecular weight excluding hydrogens is 307 g/mol. The molecule has 2 aromatic carbocycles. The van der Waals surface area contributed by atoms with Gasteiger partial charge in [0.05, 0.1) is 0 Å². The van der Waals surface area contributed by atoms with Crippen molar-refractivity contribution in [1.29, 1.82) is 0 Å². The van der Waals surface area contributed by atoms with Gasteiger partial charge in [-0.05, 0) is 17.5 Å². The second-order valence-corrected chi connectivity index (χ2v) is 8.76. The van der Waals surface area contributed by atoms with Crippen molar-refractivity contribution in [1.82, 2.24) is 0 Å². The number of hydrogen-bond acceptors (Lipinski definition) is 1.